The minimum atomic E-state index is -0.771. The van der Waals surface area contributed by atoms with Crippen LogP contribution in [0.1, 0.15) is 55.2 Å². The van der Waals surface area contributed by atoms with Gasteiger partial charge in [0.25, 0.3) is 0 Å². The van der Waals surface area contributed by atoms with Gasteiger partial charge in [0, 0.05) is 28.4 Å². The highest BCUT2D eigenvalue weighted by molar-refractivity contribution is 6.30. The normalized spacial score (nSPS) is 17.7. The minimum absolute atomic E-state index is 0.000436. The maximum absolute atomic E-state index is 11.2. The number of nitrogens with zero attached hydrogens (tertiary/aromatic N) is 1. The minimum Gasteiger partial charge on any atom is -0.481 e. The molecule has 1 heterocycles. The van der Waals surface area contributed by atoms with Crippen LogP contribution in [0.2, 0.25) is 5.02 Å². The molecule has 2 aromatic carbocycles. The highest BCUT2D eigenvalue weighted by Gasteiger charge is 2.43. The summed E-state index contributed by atoms with van der Waals surface area (Å²) in [6.07, 6.45) is 6.08. The monoisotopic (exact) mass is 369 g/mol. The number of anilines is 2. The first-order chi connectivity index (χ1) is 12.5. The van der Waals surface area contributed by atoms with Gasteiger partial charge in [-0.3, -0.25) is 4.79 Å². The molecular weight excluding hydrogens is 346 g/mol. The van der Waals surface area contributed by atoms with Crippen LogP contribution in [0.25, 0.3) is 0 Å². The van der Waals surface area contributed by atoms with E-state index in [1.165, 1.54) is 36.0 Å². The Kier molecular flexibility index (Phi) is 4.44. The fourth-order valence-electron chi connectivity index (χ4n) is 4.81. The molecule has 0 bridgehead atoms. The maximum atomic E-state index is 11.2. The number of rotatable bonds is 3. The third-order valence-electron chi connectivity index (χ3n) is 5.98. The lowest BCUT2D eigenvalue weighted by Crippen LogP contribution is -2.39. The molecule has 1 spiro atoms. The number of fused-ring (bicyclic) bond motifs is 4. The van der Waals surface area contributed by atoms with E-state index in [0.29, 0.717) is 6.54 Å². The molecule has 26 heavy (non-hydrogen) atoms. The number of benzene rings is 2. The van der Waals surface area contributed by atoms with Crippen LogP contribution in [0, 0.1) is 6.92 Å². The van der Waals surface area contributed by atoms with Crippen LogP contribution in [-0.4, -0.2) is 17.6 Å². The highest BCUT2D eigenvalue weighted by atomic mass is 35.5. The van der Waals surface area contributed by atoms with Gasteiger partial charge in [-0.25, -0.2) is 0 Å². The summed E-state index contributed by atoms with van der Waals surface area (Å²) in [5.74, 6) is -0.771. The Bertz CT molecular complexity index is 800. The molecule has 2 aromatic rings. The molecule has 0 amide bonds. The first kappa shape index (κ1) is 17.4. The van der Waals surface area contributed by atoms with Gasteiger partial charge in [0.1, 0.15) is 0 Å². The van der Waals surface area contributed by atoms with Crippen LogP contribution >= 0.6 is 11.6 Å². The molecule has 136 valence electrons. The standard InChI is InChI=1S/C22H24ClNO2/c1-15-5-7-19-17(13-15)22(10-3-2-4-11-22)18-14-16(23)6-8-20(18)24(19)12-9-21(25)26/h5-8,13-14H,2-4,9-12H2,1H3,(H,25,26). The highest BCUT2D eigenvalue weighted by Crippen LogP contribution is 2.56. The molecule has 0 saturated heterocycles. The molecule has 3 nitrogen and oxygen atoms in total. The van der Waals surface area contributed by atoms with Crippen LogP contribution in [0.15, 0.2) is 36.4 Å². The van der Waals surface area contributed by atoms with E-state index in [0.717, 1.165) is 29.2 Å². The zero-order valence-electron chi connectivity index (χ0n) is 15.1. The molecule has 0 unspecified atom stereocenters. The van der Waals surface area contributed by atoms with Crippen molar-refractivity contribution in [3.8, 4) is 0 Å². The van der Waals surface area contributed by atoms with Crippen molar-refractivity contribution >= 4 is 28.9 Å². The topological polar surface area (TPSA) is 40.5 Å². The van der Waals surface area contributed by atoms with Gasteiger partial charge >= 0.3 is 5.97 Å². The lowest BCUT2D eigenvalue weighted by molar-refractivity contribution is -0.136. The van der Waals surface area contributed by atoms with Crippen molar-refractivity contribution in [1.82, 2.24) is 0 Å². The maximum Gasteiger partial charge on any atom is 0.305 e. The van der Waals surface area contributed by atoms with Gasteiger partial charge in [-0.2, -0.15) is 0 Å². The molecule has 0 aromatic heterocycles. The number of hydrogen-bond donors (Lipinski definition) is 1. The third kappa shape index (κ3) is 2.79. The largest absolute Gasteiger partial charge is 0.481 e. The fraction of sp³-hybridized carbons (Fsp3) is 0.409. The molecule has 4 rings (SSSR count). The Balaban J connectivity index is 1.94. The summed E-state index contributed by atoms with van der Waals surface area (Å²) < 4.78 is 0. The zero-order valence-corrected chi connectivity index (χ0v) is 15.9. The Morgan fingerprint density at radius 3 is 2.42 bits per heavy atom. The SMILES string of the molecule is Cc1ccc2c(c1)C1(CCCCC1)c1cc(Cl)ccc1N2CCC(=O)O. The average molecular weight is 370 g/mol. The summed E-state index contributed by atoms with van der Waals surface area (Å²) in [4.78, 5) is 13.4. The molecule has 1 saturated carbocycles. The first-order valence-electron chi connectivity index (χ1n) is 9.42. The summed E-state index contributed by atoms with van der Waals surface area (Å²) in [7, 11) is 0. The summed E-state index contributed by atoms with van der Waals surface area (Å²) in [6.45, 7) is 2.60. The zero-order chi connectivity index (χ0) is 18.3. The van der Waals surface area contributed by atoms with E-state index in [4.69, 9.17) is 11.6 Å². The number of halogens is 1. The van der Waals surface area contributed by atoms with Crippen molar-refractivity contribution in [3.63, 3.8) is 0 Å². The van der Waals surface area contributed by atoms with Crippen LogP contribution in [-0.2, 0) is 10.2 Å². The van der Waals surface area contributed by atoms with Gasteiger partial charge in [0.15, 0.2) is 0 Å². The number of aliphatic carboxylic acids is 1. The predicted molar refractivity (Wildman–Crippen MR) is 106 cm³/mol. The summed E-state index contributed by atoms with van der Waals surface area (Å²) in [6, 6.07) is 12.7. The Morgan fingerprint density at radius 2 is 1.73 bits per heavy atom. The Morgan fingerprint density at radius 1 is 1.08 bits per heavy atom. The first-order valence-corrected chi connectivity index (χ1v) is 9.79. The van der Waals surface area contributed by atoms with Crippen LogP contribution in [0.4, 0.5) is 11.4 Å². The van der Waals surface area contributed by atoms with Crippen LogP contribution in [0.3, 0.4) is 0 Å². The molecular formula is C22H24ClNO2. The van der Waals surface area contributed by atoms with Crippen molar-refractivity contribution in [1.29, 1.82) is 0 Å². The molecule has 2 aliphatic rings. The van der Waals surface area contributed by atoms with Crippen molar-refractivity contribution < 1.29 is 9.90 Å². The molecule has 1 aliphatic heterocycles. The Hall–Kier alpha value is -2.00. The second-order valence-corrected chi connectivity index (χ2v) is 8.06. The molecule has 1 N–H and O–H groups in total. The molecule has 1 fully saturated rings. The quantitative estimate of drug-likeness (QED) is 0.740. The number of hydrogen-bond acceptors (Lipinski definition) is 2. The smallest absolute Gasteiger partial charge is 0.305 e. The van der Waals surface area contributed by atoms with Crippen LogP contribution in [0.5, 0.6) is 0 Å². The van der Waals surface area contributed by atoms with Gasteiger partial charge < -0.3 is 10.0 Å². The van der Waals surface area contributed by atoms with E-state index in [1.54, 1.807) is 0 Å². The van der Waals surface area contributed by atoms with Crippen molar-refractivity contribution in [2.24, 2.45) is 0 Å². The lowest BCUT2D eigenvalue weighted by atomic mass is 9.62. The average Bonchev–Trinajstić information content (AvgIpc) is 2.63. The van der Waals surface area contributed by atoms with Crippen LogP contribution < -0.4 is 4.90 Å². The van der Waals surface area contributed by atoms with E-state index in [1.807, 2.05) is 6.07 Å². The number of carbonyl (C=O) groups is 1. The van der Waals surface area contributed by atoms with Crippen molar-refractivity contribution in [2.45, 2.75) is 50.9 Å². The molecule has 0 radical (unpaired) electrons. The molecule has 4 heteroatoms. The molecule has 1 aliphatic carbocycles. The van der Waals surface area contributed by atoms with Crippen molar-refractivity contribution in [3.05, 3.63) is 58.1 Å². The van der Waals surface area contributed by atoms with E-state index in [9.17, 15) is 9.90 Å². The second kappa shape index (κ2) is 6.62. The van der Waals surface area contributed by atoms with E-state index in [2.05, 4.69) is 42.2 Å². The van der Waals surface area contributed by atoms with Gasteiger partial charge in [0.05, 0.1) is 6.42 Å². The summed E-state index contributed by atoms with van der Waals surface area (Å²) in [5, 5.41) is 9.98. The van der Waals surface area contributed by atoms with Gasteiger partial charge in [-0.15, -0.1) is 0 Å². The van der Waals surface area contributed by atoms with E-state index in [-0.39, 0.29) is 11.8 Å². The number of carboxylic acids is 1. The number of aryl methyl sites for hydroxylation is 1. The Labute approximate surface area is 159 Å². The van der Waals surface area contributed by atoms with Gasteiger partial charge in [0.2, 0.25) is 0 Å². The van der Waals surface area contributed by atoms with Gasteiger partial charge in [-0.1, -0.05) is 48.6 Å². The summed E-state index contributed by atoms with van der Waals surface area (Å²) in [5.41, 5.74) is 6.14. The third-order valence-corrected chi connectivity index (χ3v) is 6.21. The fourth-order valence-corrected chi connectivity index (χ4v) is 4.98. The lowest BCUT2D eigenvalue weighted by Gasteiger charge is -2.47. The van der Waals surface area contributed by atoms with E-state index >= 15 is 0 Å². The van der Waals surface area contributed by atoms with E-state index < -0.39 is 5.97 Å². The predicted octanol–water partition coefficient (Wildman–Crippen LogP) is 5.82. The summed E-state index contributed by atoms with van der Waals surface area (Å²) >= 11 is 6.40. The molecule has 0 atom stereocenters. The van der Waals surface area contributed by atoms with Crippen molar-refractivity contribution in [2.75, 3.05) is 11.4 Å². The van der Waals surface area contributed by atoms with Gasteiger partial charge in [-0.05, 0) is 55.2 Å². The second-order valence-electron chi connectivity index (χ2n) is 7.62. The number of carboxylic acid groups (broad SMARTS) is 1.